The molecule has 2 rings (SSSR count). The predicted octanol–water partition coefficient (Wildman–Crippen LogP) is 3.13. The van der Waals surface area contributed by atoms with Gasteiger partial charge in [-0.15, -0.1) is 0 Å². The van der Waals surface area contributed by atoms with Gasteiger partial charge in [0.25, 0.3) is 5.91 Å². The number of anilines is 1. The molecule has 0 atom stereocenters. The van der Waals surface area contributed by atoms with E-state index >= 15 is 0 Å². The molecule has 0 fully saturated rings. The number of carbonyl (C=O) groups is 1. The summed E-state index contributed by atoms with van der Waals surface area (Å²) in [6.45, 7) is 1.97. The third-order valence-electron chi connectivity index (χ3n) is 3.20. The molecule has 5 nitrogen and oxygen atoms in total. The molecule has 1 amide bonds. The zero-order valence-corrected chi connectivity index (χ0v) is 16.8. The first-order chi connectivity index (χ1) is 11.2. The van der Waals surface area contributed by atoms with Gasteiger partial charge in [-0.3, -0.25) is 10.1 Å². The van der Waals surface area contributed by atoms with Crippen LogP contribution in [-0.2, 0) is 9.84 Å². The Morgan fingerprint density at radius 3 is 2.29 bits per heavy atom. The van der Waals surface area contributed by atoms with Crippen LogP contribution in [0.3, 0.4) is 0 Å². The smallest absolute Gasteiger partial charge is 0.257 e. The molecule has 2 aromatic rings. The van der Waals surface area contributed by atoms with E-state index in [1.54, 1.807) is 24.3 Å². The number of sulfone groups is 1. The fraction of sp³-hybridized carbons (Fsp3) is 0.125. The van der Waals surface area contributed by atoms with Crippen molar-refractivity contribution in [2.24, 2.45) is 0 Å². The van der Waals surface area contributed by atoms with Crippen molar-refractivity contribution >= 4 is 61.4 Å². The number of amides is 1. The molecule has 0 saturated heterocycles. The van der Waals surface area contributed by atoms with Crippen molar-refractivity contribution in [3.8, 4) is 0 Å². The lowest BCUT2D eigenvalue weighted by molar-refractivity contribution is 0.0977. The molecule has 8 heteroatoms. The molecule has 0 heterocycles. The number of nitrogens with one attached hydrogen (secondary N) is 2. The summed E-state index contributed by atoms with van der Waals surface area (Å²) in [7, 11) is -3.24. The van der Waals surface area contributed by atoms with Crippen molar-refractivity contribution in [1.29, 1.82) is 0 Å². The Hall–Kier alpha value is -1.52. The maximum absolute atomic E-state index is 12.2. The molecule has 0 saturated carbocycles. The first-order valence-corrected chi connectivity index (χ1v) is 10.2. The van der Waals surface area contributed by atoms with E-state index < -0.39 is 9.84 Å². The van der Waals surface area contributed by atoms with Crippen LogP contribution in [0.15, 0.2) is 47.4 Å². The van der Waals surface area contributed by atoms with Crippen LogP contribution >= 0.6 is 34.8 Å². The lowest BCUT2D eigenvalue weighted by Crippen LogP contribution is -2.34. The van der Waals surface area contributed by atoms with Crippen molar-refractivity contribution in [2.45, 2.75) is 11.8 Å². The average Bonchev–Trinajstić information content (AvgIpc) is 2.49. The largest absolute Gasteiger partial charge is 0.332 e. The Morgan fingerprint density at radius 2 is 1.75 bits per heavy atom. The van der Waals surface area contributed by atoms with Crippen LogP contribution in [0.2, 0.25) is 0 Å². The molecule has 126 valence electrons. The van der Waals surface area contributed by atoms with Gasteiger partial charge in [-0.05, 0) is 83.7 Å². The minimum atomic E-state index is -3.24. The van der Waals surface area contributed by atoms with Gasteiger partial charge in [0.1, 0.15) is 0 Å². The van der Waals surface area contributed by atoms with Crippen molar-refractivity contribution in [3.63, 3.8) is 0 Å². The number of rotatable bonds is 3. The highest BCUT2D eigenvalue weighted by Crippen LogP contribution is 2.15. The molecule has 2 aromatic carbocycles. The van der Waals surface area contributed by atoms with Crippen LogP contribution in [-0.4, -0.2) is 25.7 Å². The molecule has 0 radical (unpaired) electrons. The number of benzene rings is 2. The van der Waals surface area contributed by atoms with Gasteiger partial charge in [0.15, 0.2) is 14.9 Å². The van der Waals surface area contributed by atoms with E-state index in [9.17, 15) is 13.2 Å². The van der Waals surface area contributed by atoms with E-state index in [-0.39, 0.29) is 15.9 Å². The molecule has 0 aliphatic carbocycles. The van der Waals surface area contributed by atoms with Crippen LogP contribution in [0.25, 0.3) is 0 Å². The van der Waals surface area contributed by atoms with Crippen LogP contribution < -0.4 is 10.6 Å². The second-order valence-electron chi connectivity index (χ2n) is 5.17. The standard InChI is InChI=1S/C16H15IN2O3S2/c1-10-3-4-11(9-14(10)17)15(20)19-16(23)18-12-5-7-13(8-6-12)24(2,21)22/h3-9H,1-2H3,(H2,18,19,20,23). The Labute approximate surface area is 159 Å². The summed E-state index contributed by atoms with van der Waals surface area (Å²) in [5.74, 6) is -0.307. The molecule has 0 aromatic heterocycles. The first kappa shape index (κ1) is 18.8. The molecular weight excluding hydrogens is 459 g/mol. The van der Waals surface area contributed by atoms with Crippen LogP contribution in [0.4, 0.5) is 5.69 Å². The van der Waals surface area contributed by atoms with E-state index in [1.165, 1.54) is 12.1 Å². The maximum Gasteiger partial charge on any atom is 0.257 e. The van der Waals surface area contributed by atoms with Crippen molar-refractivity contribution in [1.82, 2.24) is 5.32 Å². The van der Waals surface area contributed by atoms with E-state index in [0.29, 0.717) is 11.3 Å². The second kappa shape index (κ2) is 7.58. The van der Waals surface area contributed by atoms with Crippen LogP contribution in [0.5, 0.6) is 0 Å². The Balaban J connectivity index is 2.02. The quantitative estimate of drug-likeness (QED) is 0.529. The SMILES string of the molecule is Cc1ccc(C(=O)NC(=S)Nc2ccc(S(C)(=O)=O)cc2)cc1I. The van der Waals surface area contributed by atoms with E-state index in [4.69, 9.17) is 12.2 Å². The highest BCUT2D eigenvalue weighted by Gasteiger charge is 2.10. The topological polar surface area (TPSA) is 75.3 Å². The number of thiocarbonyl (C=S) groups is 1. The first-order valence-electron chi connectivity index (χ1n) is 6.85. The molecule has 0 aliphatic rings. The zero-order chi connectivity index (χ0) is 17.9. The van der Waals surface area contributed by atoms with Crippen LogP contribution in [0.1, 0.15) is 15.9 Å². The van der Waals surface area contributed by atoms with Gasteiger partial charge in [-0.2, -0.15) is 0 Å². The summed E-state index contributed by atoms with van der Waals surface area (Å²) in [4.78, 5) is 12.4. The maximum atomic E-state index is 12.2. The van der Waals surface area contributed by atoms with Gasteiger partial charge in [-0.1, -0.05) is 6.07 Å². The number of aryl methyl sites for hydroxylation is 1. The lowest BCUT2D eigenvalue weighted by atomic mass is 10.1. The fourth-order valence-corrected chi connectivity index (χ4v) is 3.21. The third kappa shape index (κ3) is 4.99. The molecule has 0 aliphatic heterocycles. The molecule has 0 bridgehead atoms. The van der Waals surface area contributed by atoms with Gasteiger partial charge in [0, 0.05) is 21.1 Å². The molecule has 0 unspecified atom stereocenters. The number of halogens is 1. The summed E-state index contributed by atoms with van der Waals surface area (Å²) >= 11 is 7.28. The van der Waals surface area contributed by atoms with Crippen molar-refractivity contribution in [3.05, 3.63) is 57.2 Å². The summed E-state index contributed by atoms with van der Waals surface area (Å²) in [5.41, 5.74) is 2.20. The van der Waals surface area contributed by atoms with Gasteiger partial charge in [-0.25, -0.2) is 8.42 Å². The lowest BCUT2D eigenvalue weighted by Gasteiger charge is -2.10. The van der Waals surface area contributed by atoms with Gasteiger partial charge in [0.05, 0.1) is 4.90 Å². The summed E-state index contributed by atoms with van der Waals surface area (Å²) in [5, 5.41) is 5.59. The van der Waals surface area contributed by atoms with Gasteiger partial charge < -0.3 is 5.32 Å². The average molecular weight is 474 g/mol. The minimum absolute atomic E-state index is 0.141. The normalized spacial score (nSPS) is 11.0. The number of hydrogen-bond donors (Lipinski definition) is 2. The second-order valence-corrected chi connectivity index (χ2v) is 8.75. The molecule has 2 N–H and O–H groups in total. The van der Waals surface area contributed by atoms with E-state index in [1.807, 2.05) is 13.0 Å². The fourth-order valence-electron chi connectivity index (χ4n) is 1.86. The Morgan fingerprint density at radius 1 is 1.12 bits per heavy atom. The highest BCUT2D eigenvalue weighted by atomic mass is 127. The van der Waals surface area contributed by atoms with E-state index in [2.05, 4.69) is 33.2 Å². The molecular formula is C16H15IN2O3S2. The summed E-state index contributed by atoms with van der Waals surface area (Å²) in [6, 6.07) is 11.5. The Bertz CT molecular complexity index is 894. The molecule has 0 spiro atoms. The number of hydrogen-bond acceptors (Lipinski definition) is 4. The number of carbonyl (C=O) groups excluding carboxylic acids is 1. The van der Waals surface area contributed by atoms with E-state index in [0.717, 1.165) is 15.4 Å². The minimum Gasteiger partial charge on any atom is -0.332 e. The third-order valence-corrected chi connectivity index (χ3v) is 5.70. The van der Waals surface area contributed by atoms with Gasteiger partial charge in [0.2, 0.25) is 0 Å². The monoisotopic (exact) mass is 474 g/mol. The van der Waals surface area contributed by atoms with Gasteiger partial charge >= 0.3 is 0 Å². The zero-order valence-electron chi connectivity index (χ0n) is 13.0. The highest BCUT2D eigenvalue weighted by molar-refractivity contribution is 14.1. The predicted molar refractivity (Wildman–Crippen MR) is 107 cm³/mol. The molecule has 24 heavy (non-hydrogen) atoms. The van der Waals surface area contributed by atoms with Crippen molar-refractivity contribution < 1.29 is 13.2 Å². The Kier molecular flexibility index (Phi) is 5.94. The summed E-state index contributed by atoms with van der Waals surface area (Å²) in [6.07, 6.45) is 1.14. The van der Waals surface area contributed by atoms with Crippen LogP contribution in [0, 0.1) is 10.5 Å². The summed E-state index contributed by atoms with van der Waals surface area (Å²) < 4.78 is 23.8. The van der Waals surface area contributed by atoms with Crippen molar-refractivity contribution in [2.75, 3.05) is 11.6 Å².